The van der Waals surface area contributed by atoms with Crippen LogP contribution in [0.5, 0.6) is 5.75 Å². The molecule has 3 aromatic rings. The number of halogens is 3. The van der Waals surface area contributed by atoms with E-state index in [0.717, 1.165) is 0 Å². The molecule has 37 heavy (non-hydrogen) atoms. The number of carboxylic acid groups (broad SMARTS) is 1. The van der Waals surface area contributed by atoms with E-state index in [4.69, 9.17) is 9.47 Å². The van der Waals surface area contributed by atoms with E-state index in [1.807, 2.05) is 0 Å². The molecule has 4 N–H and O–H groups in total. The molecule has 15 heteroatoms. The molecule has 2 aromatic heterocycles. The van der Waals surface area contributed by atoms with Gasteiger partial charge >= 0.3 is 12.1 Å². The lowest BCUT2D eigenvalue weighted by molar-refractivity contribution is -0.247. The molecule has 4 rings (SSSR count). The fraction of sp³-hybridized carbons (Fsp3) is 0.409. The summed E-state index contributed by atoms with van der Waals surface area (Å²) in [4.78, 5) is 20.0. The Morgan fingerprint density at radius 1 is 1.16 bits per heavy atom. The van der Waals surface area contributed by atoms with Gasteiger partial charge < -0.3 is 29.9 Å². The molecule has 200 valence electrons. The predicted octanol–water partition coefficient (Wildman–Crippen LogP) is 1.05. The molecule has 0 bridgehead atoms. The number of hydrogen-bond acceptors (Lipinski definition) is 9. The number of carboxylic acids is 1. The van der Waals surface area contributed by atoms with Crippen LogP contribution in [0, 0.1) is 6.92 Å². The van der Waals surface area contributed by atoms with Gasteiger partial charge in [-0.1, -0.05) is 12.1 Å². The van der Waals surface area contributed by atoms with Crippen LogP contribution >= 0.6 is 0 Å². The highest BCUT2D eigenvalue weighted by Gasteiger charge is 2.48. The van der Waals surface area contributed by atoms with Gasteiger partial charge in [-0.15, -0.1) is 0 Å². The first-order valence-corrected chi connectivity index (χ1v) is 12.1. The number of ether oxygens (including phenoxy) is 2. The van der Waals surface area contributed by atoms with Crippen molar-refractivity contribution in [3.05, 3.63) is 47.8 Å². The number of aliphatic carboxylic acids is 1. The van der Waals surface area contributed by atoms with Gasteiger partial charge in [-0.25, -0.2) is 9.78 Å². The molecule has 1 aromatic carbocycles. The van der Waals surface area contributed by atoms with Gasteiger partial charge in [-0.3, -0.25) is 13.8 Å². The van der Waals surface area contributed by atoms with Crippen LogP contribution in [0.1, 0.15) is 17.5 Å². The van der Waals surface area contributed by atoms with Crippen LogP contribution in [0.15, 0.2) is 41.7 Å². The lowest BCUT2D eigenvalue weighted by atomic mass is 9.98. The number of para-hydroxylation sites is 2. The number of aliphatic hydroxyl groups excluding tert-OH is 3. The SMILES string of the molecule is Cc1c(OCC(F)(F)F)ccnc1CS(=O)c1nc2ccccc2n1[C@@H]1O[C@H](C(=O)O)[C@@H](O)[C@H](O)[C@H]1O. The Labute approximate surface area is 209 Å². The first kappa shape index (κ1) is 26.9. The summed E-state index contributed by atoms with van der Waals surface area (Å²) in [5.41, 5.74) is 0.970. The van der Waals surface area contributed by atoms with E-state index in [-0.39, 0.29) is 33.4 Å². The van der Waals surface area contributed by atoms with Crippen molar-refractivity contribution in [3.8, 4) is 5.75 Å². The van der Waals surface area contributed by atoms with Crippen LogP contribution in [0.3, 0.4) is 0 Å². The molecule has 0 aliphatic carbocycles. The Kier molecular flexibility index (Phi) is 7.52. The van der Waals surface area contributed by atoms with Crippen molar-refractivity contribution >= 4 is 27.8 Å². The quantitative estimate of drug-likeness (QED) is 0.337. The van der Waals surface area contributed by atoms with Crippen LogP contribution in [0.25, 0.3) is 11.0 Å². The lowest BCUT2D eigenvalue weighted by Gasteiger charge is -2.39. The molecule has 1 fully saturated rings. The van der Waals surface area contributed by atoms with Crippen LogP contribution in [0.2, 0.25) is 0 Å². The van der Waals surface area contributed by atoms with Crippen molar-refractivity contribution in [3.63, 3.8) is 0 Å². The Balaban J connectivity index is 1.72. The second kappa shape index (κ2) is 10.3. The van der Waals surface area contributed by atoms with Gasteiger partial charge in [0.1, 0.15) is 24.1 Å². The van der Waals surface area contributed by atoms with Gasteiger partial charge in [-0.05, 0) is 25.1 Å². The number of rotatable bonds is 7. The monoisotopic (exact) mass is 545 g/mol. The zero-order valence-electron chi connectivity index (χ0n) is 19.1. The molecule has 11 nitrogen and oxygen atoms in total. The molecule has 1 aliphatic heterocycles. The summed E-state index contributed by atoms with van der Waals surface area (Å²) in [6, 6.07) is 7.60. The Bertz CT molecular complexity index is 1330. The summed E-state index contributed by atoms with van der Waals surface area (Å²) in [7, 11) is -2.05. The first-order valence-electron chi connectivity index (χ1n) is 10.8. The number of fused-ring (bicyclic) bond motifs is 1. The van der Waals surface area contributed by atoms with Gasteiger partial charge in [0.2, 0.25) is 5.16 Å². The second-order valence-corrected chi connectivity index (χ2v) is 9.63. The molecule has 3 heterocycles. The summed E-state index contributed by atoms with van der Waals surface area (Å²) in [5.74, 6) is -2.01. The third kappa shape index (κ3) is 5.45. The maximum Gasteiger partial charge on any atom is 0.422 e. The maximum absolute atomic E-state index is 13.5. The molecular weight excluding hydrogens is 523 g/mol. The van der Waals surface area contributed by atoms with Crippen LogP contribution in [-0.4, -0.2) is 82.3 Å². The topological polar surface area (TPSA) is 164 Å². The molecule has 0 spiro atoms. The molecule has 1 aliphatic rings. The third-order valence-corrected chi connectivity index (χ3v) is 7.00. The summed E-state index contributed by atoms with van der Waals surface area (Å²) in [6.45, 7) is -0.0660. The third-order valence-electron chi connectivity index (χ3n) is 5.77. The number of aliphatic hydroxyl groups is 3. The number of imidazole rings is 1. The second-order valence-electron chi connectivity index (χ2n) is 8.28. The summed E-state index contributed by atoms with van der Waals surface area (Å²) in [5, 5.41) is 40.2. The fourth-order valence-corrected chi connectivity index (χ4v) is 5.21. The number of benzene rings is 1. The molecule has 6 atom stereocenters. The first-order chi connectivity index (χ1) is 17.4. The van der Waals surface area contributed by atoms with Crippen LogP contribution < -0.4 is 4.74 Å². The highest BCUT2D eigenvalue weighted by atomic mass is 32.2. The van der Waals surface area contributed by atoms with Crippen LogP contribution in [-0.2, 0) is 26.1 Å². The van der Waals surface area contributed by atoms with Gasteiger partial charge in [-0.2, -0.15) is 13.2 Å². The van der Waals surface area contributed by atoms with Gasteiger partial charge in [0.25, 0.3) is 0 Å². The van der Waals surface area contributed by atoms with Crippen molar-refractivity contribution < 1.29 is 52.1 Å². The fourth-order valence-electron chi connectivity index (χ4n) is 3.92. The number of pyridine rings is 1. The van der Waals surface area contributed by atoms with Gasteiger partial charge in [0.05, 0.1) is 33.3 Å². The molecule has 0 saturated carbocycles. The summed E-state index contributed by atoms with van der Waals surface area (Å²) >= 11 is 0. The van der Waals surface area contributed by atoms with Crippen molar-refractivity contribution in [2.45, 2.75) is 54.7 Å². The van der Waals surface area contributed by atoms with E-state index in [0.29, 0.717) is 5.52 Å². The van der Waals surface area contributed by atoms with E-state index >= 15 is 0 Å². The van der Waals surface area contributed by atoms with Crippen LogP contribution in [0.4, 0.5) is 13.2 Å². The Hall–Kier alpha value is -3.11. The minimum Gasteiger partial charge on any atom is -0.484 e. The average molecular weight is 545 g/mol. The number of carbonyl (C=O) groups is 1. The standard InChI is InChI=1S/C22H22F3N3O8S/c1-10-12(26-7-6-14(10)35-9-22(23,24)25)8-37(34)21-27-11-4-2-3-5-13(11)28(21)19-17(31)15(29)16(30)18(36-19)20(32)33/h2-7,15-19,29-31H,8-9H2,1H3,(H,32,33)/t15-,16-,17+,18-,19+,37?/m0/s1. The number of alkyl halides is 3. The van der Waals surface area contributed by atoms with E-state index in [1.165, 1.54) is 23.8 Å². The zero-order valence-corrected chi connectivity index (χ0v) is 19.9. The lowest BCUT2D eigenvalue weighted by Crippen LogP contribution is -2.57. The van der Waals surface area contributed by atoms with Crippen molar-refractivity contribution in [2.75, 3.05) is 6.61 Å². The maximum atomic E-state index is 13.5. The minimum atomic E-state index is -4.56. The zero-order chi connectivity index (χ0) is 27.1. The van der Waals surface area contributed by atoms with Gasteiger partial charge in [0.15, 0.2) is 18.9 Å². The van der Waals surface area contributed by atoms with Crippen molar-refractivity contribution in [1.29, 1.82) is 0 Å². The Morgan fingerprint density at radius 2 is 1.86 bits per heavy atom. The van der Waals surface area contributed by atoms with Crippen molar-refractivity contribution in [2.24, 2.45) is 0 Å². The average Bonchev–Trinajstić information content (AvgIpc) is 3.22. The normalized spacial score (nSPS) is 25.2. The minimum absolute atomic E-state index is 0.0970. The molecule has 1 unspecified atom stereocenters. The Morgan fingerprint density at radius 3 is 2.54 bits per heavy atom. The number of aromatic nitrogens is 3. The highest BCUT2D eigenvalue weighted by Crippen LogP contribution is 2.34. The van der Waals surface area contributed by atoms with E-state index in [1.54, 1.807) is 24.3 Å². The van der Waals surface area contributed by atoms with Crippen molar-refractivity contribution in [1.82, 2.24) is 14.5 Å². The smallest absolute Gasteiger partial charge is 0.422 e. The number of hydrogen-bond donors (Lipinski definition) is 4. The largest absolute Gasteiger partial charge is 0.484 e. The van der Waals surface area contributed by atoms with E-state index in [9.17, 15) is 42.6 Å². The van der Waals surface area contributed by atoms with E-state index in [2.05, 4.69) is 9.97 Å². The molecule has 1 saturated heterocycles. The molecule has 0 radical (unpaired) electrons. The molecule has 0 amide bonds. The van der Waals surface area contributed by atoms with Gasteiger partial charge in [0, 0.05) is 11.8 Å². The molecular formula is C22H22F3N3O8S. The number of nitrogens with zero attached hydrogens (tertiary/aromatic N) is 3. The highest BCUT2D eigenvalue weighted by molar-refractivity contribution is 7.84. The summed E-state index contributed by atoms with van der Waals surface area (Å²) in [6.07, 6.45) is -12.5. The predicted molar refractivity (Wildman–Crippen MR) is 120 cm³/mol. The van der Waals surface area contributed by atoms with E-state index < -0.39 is 60.2 Å². The summed E-state index contributed by atoms with van der Waals surface area (Å²) < 4.78 is 62.7.